The quantitative estimate of drug-likeness (QED) is 0.519. The van der Waals surface area contributed by atoms with E-state index in [-0.39, 0.29) is 12.2 Å². The fourth-order valence-corrected chi connectivity index (χ4v) is 3.22. The highest BCUT2D eigenvalue weighted by Crippen LogP contribution is 2.37. The van der Waals surface area contributed by atoms with Gasteiger partial charge in [-0.3, -0.25) is 0 Å². The molecule has 1 aromatic carbocycles. The molecule has 0 N–H and O–H groups in total. The first-order valence-corrected chi connectivity index (χ1v) is 8.07. The van der Waals surface area contributed by atoms with Crippen LogP contribution in [0.2, 0.25) is 5.02 Å². The Morgan fingerprint density at radius 1 is 1.37 bits per heavy atom. The zero-order valence-electron chi connectivity index (χ0n) is 10.4. The molecule has 6 heteroatoms. The smallest absolute Gasteiger partial charge is 0.139 e. The summed E-state index contributed by atoms with van der Waals surface area (Å²) in [6, 6.07) is 5.57. The van der Waals surface area contributed by atoms with E-state index in [9.17, 15) is 0 Å². The van der Waals surface area contributed by atoms with Crippen LogP contribution in [0.5, 0.6) is 5.75 Å². The Kier molecular flexibility index (Phi) is 5.96. The average Bonchev–Trinajstić information content (AvgIpc) is 2.38. The molecule has 19 heavy (non-hydrogen) atoms. The van der Waals surface area contributed by atoms with E-state index >= 15 is 0 Å². The third-order valence-electron chi connectivity index (χ3n) is 2.95. The van der Waals surface area contributed by atoms with Crippen molar-refractivity contribution in [3.05, 3.63) is 27.7 Å². The normalized spacial score (nSPS) is 26.0. The van der Waals surface area contributed by atoms with Crippen LogP contribution < -0.4 is 4.74 Å². The molecular formula is C13H15Br2ClO3. The number of rotatable bonds is 6. The maximum atomic E-state index is 6.11. The van der Waals surface area contributed by atoms with Crippen molar-refractivity contribution < 1.29 is 14.2 Å². The van der Waals surface area contributed by atoms with Crippen LogP contribution >= 0.6 is 43.5 Å². The Morgan fingerprint density at radius 2 is 2.16 bits per heavy atom. The van der Waals surface area contributed by atoms with Crippen LogP contribution in [0.4, 0.5) is 0 Å². The predicted molar refractivity (Wildman–Crippen MR) is 82.5 cm³/mol. The van der Waals surface area contributed by atoms with Crippen LogP contribution in [-0.4, -0.2) is 37.4 Å². The van der Waals surface area contributed by atoms with Gasteiger partial charge in [0.15, 0.2) is 0 Å². The zero-order chi connectivity index (χ0) is 13.8. The van der Waals surface area contributed by atoms with Gasteiger partial charge in [-0.2, -0.15) is 0 Å². The molecule has 0 amide bonds. The SMILES string of the molecule is COCCOC1C(Br)CC1Oc1cc(Br)ccc1Cl. The van der Waals surface area contributed by atoms with Crippen LogP contribution in [0.1, 0.15) is 6.42 Å². The predicted octanol–water partition coefficient (Wildman–Crippen LogP) is 4.05. The molecule has 1 aliphatic carbocycles. The lowest BCUT2D eigenvalue weighted by Crippen LogP contribution is -2.52. The lowest BCUT2D eigenvalue weighted by atomic mass is 9.91. The minimum Gasteiger partial charge on any atom is -0.486 e. The maximum absolute atomic E-state index is 6.11. The molecule has 0 saturated heterocycles. The van der Waals surface area contributed by atoms with Gasteiger partial charge < -0.3 is 14.2 Å². The maximum Gasteiger partial charge on any atom is 0.139 e. The van der Waals surface area contributed by atoms with Gasteiger partial charge in [0.1, 0.15) is 18.0 Å². The summed E-state index contributed by atoms with van der Waals surface area (Å²) in [6.07, 6.45) is 0.957. The molecule has 1 saturated carbocycles. The molecule has 2 rings (SSSR count). The lowest BCUT2D eigenvalue weighted by molar-refractivity contribution is -0.0865. The highest BCUT2D eigenvalue weighted by molar-refractivity contribution is 9.10. The van der Waals surface area contributed by atoms with Gasteiger partial charge in [-0.15, -0.1) is 0 Å². The van der Waals surface area contributed by atoms with Crippen molar-refractivity contribution in [3.8, 4) is 5.75 Å². The minimum atomic E-state index is 0.0213. The van der Waals surface area contributed by atoms with E-state index in [4.69, 9.17) is 25.8 Å². The minimum absolute atomic E-state index is 0.0213. The summed E-state index contributed by atoms with van der Waals surface area (Å²) in [6.45, 7) is 1.15. The van der Waals surface area contributed by atoms with Crippen LogP contribution in [0.25, 0.3) is 0 Å². The molecule has 106 valence electrons. The summed E-state index contributed by atoms with van der Waals surface area (Å²) in [7, 11) is 1.66. The number of methoxy groups -OCH3 is 1. The van der Waals surface area contributed by atoms with E-state index in [2.05, 4.69) is 31.9 Å². The van der Waals surface area contributed by atoms with E-state index in [1.54, 1.807) is 7.11 Å². The van der Waals surface area contributed by atoms with E-state index < -0.39 is 0 Å². The summed E-state index contributed by atoms with van der Waals surface area (Å²) in [5, 5.41) is 0.608. The molecule has 3 atom stereocenters. The molecule has 0 aromatic heterocycles. The van der Waals surface area contributed by atoms with Crippen LogP contribution in [0, 0.1) is 0 Å². The third-order valence-corrected chi connectivity index (χ3v) is 4.65. The lowest BCUT2D eigenvalue weighted by Gasteiger charge is -2.41. The summed E-state index contributed by atoms with van der Waals surface area (Å²) >= 11 is 13.1. The third kappa shape index (κ3) is 4.08. The topological polar surface area (TPSA) is 27.7 Å². The Bertz CT molecular complexity index is 430. The van der Waals surface area contributed by atoms with Gasteiger partial charge in [0.25, 0.3) is 0 Å². The van der Waals surface area contributed by atoms with Gasteiger partial charge in [0, 0.05) is 22.8 Å². The summed E-state index contributed by atoms with van der Waals surface area (Å²) in [5.74, 6) is 0.681. The summed E-state index contributed by atoms with van der Waals surface area (Å²) in [5.41, 5.74) is 0. The molecule has 3 unspecified atom stereocenters. The van der Waals surface area contributed by atoms with Crippen molar-refractivity contribution in [2.24, 2.45) is 0 Å². The number of halogens is 3. The fraction of sp³-hybridized carbons (Fsp3) is 0.538. The molecule has 1 aliphatic rings. The molecule has 1 fully saturated rings. The van der Waals surface area contributed by atoms with Gasteiger partial charge in [0.2, 0.25) is 0 Å². The monoisotopic (exact) mass is 412 g/mol. The van der Waals surface area contributed by atoms with Gasteiger partial charge in [-0.05, 0) is 18.2 Å². The van der Waals surface area contributed by atoms with Crippen LogP contribution in [-0.2, 0) is 9.47 Å². The van der Waals surface area contributed by atoms with Gasteiger partial charge in [-0.25, -0.2) is 0 Å². The first kappa shape index (κ1) is 15.6. The fourth-order valence-electron chi connectivity index (χ4n) is 1.85. The number of hydrogen-bond acceptors (Lipinski definition) is 3. The molecule has 3 nitrogen and oxygen atoms in total. The first-order chi connectivity index (χ1) is 9.11. The van der Waals surface area contributed by atoms with E-state index in [0.717, 1.165) is 10.9 Å². The van der Waals surface area contributed by atoms with Crippen LogP contribution in [0.3, 0.4) is 0 Å². The highest BCUT2D eigenvalue weighted by atomic mass is 79.9. The molecule has 0 aliphatic heterocycles. The molecule has 0 heterocycles. The van der Waals surface area contributed by atoms with Crippen molar-refractivity contribution >= 4 is 43.5 Å². The van der Waals surface area contributed by atoms with Crippen molar-refractivity contribution in [2.75, 3.05) is 20.3 Å². The average molecular weight is 415 g/mol. The molecule has 0 bridgehead atoms. The molecular weight excluding hydrogens is 399 g/mol. The number of benzene rings is 1. The van der Waals surface area contributed by atoms with Crippen molar-refractivity contribution in [1.29, 1.82) is 0 Å². The van der Waals surface area contributed by atoms with Crippen molar-refractivity contribution in [2.45, 2.75) is 23.5 Å². The van der Waals surface area contributed by atoms with Gasteiger partial charge in [-0.1, -0.05) is 43.5 Å². The Hall–Kier alpha value is 0.190. The summed E-state index contributed by atoms with van der Waals surface area (Å²) < 4.78 is 17.6. The Balaban J connectivity index is 1.93. The number of alkyl halides is 1. The standard InChI is InChI=1S/C13H15Br2ClO3/c1-17-4-5-18-13-9(15)7-12(13)19-11-6-8(14)2-3-10(11)16/h2-3,6,9,12-13H,4-5,7H2,1H3. The Labute approximate surface area is 134 Å². The largest absolute Gasteiger partial charge is 0.486 e. The second kappa shape index (κ2) is 7.27. The molecule has 0 spiro atoms. The molecule has 1 aromatic rings. The summed E-state index contributed by atoms with van der Waals surface area (Å²) in [4.78, 5) is 0.320. The number of hydrogen-bond donors (Lipinski definition) is 0. The van der Waals surface area contributed by atoms with E-state index in [0.29, 0.717) is 28.8 Å². The van der Waals surface area contributed by atoms with E-state index in [1.165, 1.54) is 0 Å². The highest BCUT2D eigenvalue weighted by Gasteiger charge is 2.42. The molecule has 0 radical (unpaired) electrons. The zero-order valence-corrected chi connectivity index (χ0v) is 14.4. The van der Waals surface area contributed by atoms with Gasteiger partial charge >= 0.3 is 0 Å². The van der Waals surface area contributed by atoms with Crippen molar-refractivity contribution in [3.63, 3.8) is 0 Å². The Morgan fingerprint density at radius 3 is 2.84 bits per heavy atom. The first-order valence-electron chi connectivity index (χ1n) is 5.98. The van der Waals surface area contributed by atoms with Gasteiger partial charge in [0.05, 0.1) is 18.2 Å². The van der Waals surface area contributed by atoms with E-state index in [1.807, 2.05) is 18.2 Å². The number of ether oxygens (including phenoxy) is 3. The van der Waals surface area contributed by atoms with Crippen molar-refractivity contribution in [1.82, 2.24) is 0 Å². The second-order valence-corrected chi connectivity index (χ2v) is 6.81. The van der Waals surface area contributed by atoms with Crippen LogP contribution in [0.15, 0.2) is 22.7 Å². The second-order valence-electron chi connectivity index (χ2n) is 4.31.